The second-order valence-electron chi connectivity index (χ2n) is 4.04. The molecule has 0 rings (SSSR count). The monoisotopic (exact) mass is 185 g/mol. The summed E-state index contributed by atoms with van der Waals surface area (Å²) in [6.07, 6.45) is 2.29. The van der Waals surface area contributed by atoms with Crippen molar-refractivity contribution >= 4 is 8.07 Å². The third kappa shape index (κ3) is 3.01. The van der Waals surface area contributed by atoms with Crippen molar-refractivity contribution in [3.8, 4) is 0 Å². The Morgan fingerprint density at radius 2 is 1.67 bits per heavy atom. The molecular formula is C10H23NSi. The fourth-order valence-corrected chi connectivity index (χ4v) is 3.54. The number of allylic oxidation sites excluding steroid dienone is 1. The number of hydrogen-bond donors (Lipinski definition) is 0. The van der Waals surface area contributed by atoms with Gasteiger partial charge >= 0.3 is 0 Å². The summed E-state index contributed by atoms with van der Waals surface area (Å²) in [6, 6.07) is 2.72. The molecule has 0 fully saturated rings. The minimum atomic E-state index is -1.04. The molecule has 0 atom stereocenters. The van der Waals surface area contributed by atoms with Crippen LogP contribution in [0, 0.1) is 0 Å². The maximum atomic E-state index is 2.47. The SMILES string of the molecule is CC[Si](C)(CC)C(C)=CN(C)C. The lowest BCUT2D eigenvalue weighted by molar-refractivity contribution is 0.560. The summed E-state index contributed by atoms with van der Waals surface area (Å²) in [5.74, 6) is 0. The average molecular weight is 185 g/mol. The molecule has 0 aromatic heterocycles. The van der Waals surface area contributed by atoms with Crippen LogP contribution in [0.4, 0.5) is 0 Å². The molecule has 0 spiro atoms. The highest BCUT2D eigenvalue weighted by molar-refractivity contribution is 6.85. The van der Waals surface area contributed by atoms with Crippen molar-refractivity contribution in [2.24, 2.45) is 0 Å². The topological polar surface area (TPSA) is 3.24 Å². The standard InChI is InChI=1S/C10H23NSi/c1-7-12(6,8-2)10(3)9-11(4)5/h9H,7-8H2,1-6H3. The van der Waals surface area contributed by atoms with Crippen LogP contribution in [-0.2, 0) is 0 Å². The second-order valence-corrected chi connectivity index (χ2v) is 9.37. The summed E-state index contributed by atoms with van der Waals surface area (Å²) in [5, 5.41) is 1.62. The first-order valence-electron chi connectivity index (χ1n) is 4.81. The average Bonchev–Trinajstić information content (AvgIpc) is 2.02. The number of rotatable bonds is 4. The van der Waals surface area contributed by atoms with Gasteiger partial charge in [0, 0.05) is 14.1 Å². The Labute approximate surface area is 78.5 Å². The van der Waals surface area contributed by atoms with Gasteiger partial charge in [-0.25, -0.2) is 0 Å². The number of hydrogen-bond acceptors (Lipinski definition) is 1. The predicted molar refractivity (Wildman–Crippen MR) is 60.0 cm³/mol. The maximum Gasteiger partial charge on any atom is 0.0795 e. The van der Waals surface area contributed by atoms with Crippen LogP contribution in [0.5, 0.6) is 0 Å². The second kappa shape index (κ2) is 4.70. The molecule has 12 heavy (non-hydrogen) atoms. The quantitative estimate of drug-likeness (QED) is 0.608. The third-order valence-corrected chi connectivity index (χ3v) is 8.12. The van der Waals surface area contributed by atoms with Gasteiger partial charge in [-0.1, -0.05) is 37.7 Å². The van der Waals surface area contributed by atoms with E-state index in [1.165, 1.54) is 12.1 Å². The third-order valence-electron chi connectivity index (χ3n) is 2.96. The molecule has 72 valence electrons. The molecule has 1 nitrogen and oxygen atoms in total. The Hall–Kier alpha value is -0.243. The molecule has 0 saturated carbocycles. The largest absolute Gasteiger partial charge is 0.384 e. The van der Waals surface area contributed by atoms with Gasteiger partial charge in [0.05, 0.1) is 8.07 Å². The van der Waals surface area contributed by atoms with E-state index in [4.69, 9.17) is 0 Å². The van der Waals surface area contributed by atoms with Crippen molar-refractivity contribution in [1.29, 1.82) is 0 Å². The normalized spacial score (nSPS) is 13.3. The van der Waals surface area contributed by atoms with Gasteiger partial charge in [-0.15, -0.1) is 0 Å². The van der Waals surface area contributed by atoms with Crippen molar-refractivity contribution in [3.05, 3.63) is 11.4 Å². The summed E-state index contributed by atoms with van der Waals surface area (Å²) in [4.78, 5) is 2.16. The summed E-state index contributed by atoms with van der Waals surface area (Å²) in [7, 11) is 3.16. The van der Waals surface area contributed by atoms with Gasteiger partial charge in [0.1, 0.15) is 0 Å². The lowest BCUT2D eigenvalue weighted by Gasteiger charge is -2.26. The molecule has 0 aromatic carbocycles. The molecule has 0 bridgehead atoms. The molecule has 0 amide bonds. The van der Waals surface area contributed by atoms with E-state index in [0.29, 0.717) is 0 Å². The molecule has 0 unspecified atom stereocenters. The fourth-order valence-electron chi connectivity index (χ4n) is 1.35. The van der Waals surface area contributed by atoms with Gasteiger partial charge in [-0.2, -0.15) is 0 Å². The van der Waals surface area contributed by atoms with Gasteiger partial charge in [-0.05, 0) is 13.1 Å². The minimum absolute atomic E-state index is 1.04. The van der Waals surface area contributed by atoms with Gasteiger partial charge < -0.3 is 4.90 Å². The van der Waals surface area contributed by atoms with E-state index in [1.807, 2.05) is 0 Å². The predicted octanol–water partition coefficient (Wildman–Crippen LogP) is 3.11. The van der Waals surface area contributed by atoms with Crippen LogP contribution in [-0.4, -0.2) is 27.1 Å². The molecule has 0 radical (unpaired) electrons. The van der Waals surface area contributed by atoms with Gasteiger partial charge in [-0.3, -0.25) is 0 Å². The summed E-state index contributed by atoms with van der Waals surface area (Å²) in [6.45, 7) is 9.41. The Kier molecular flexibility index (Phi) is 4.61. The molecule has 2 heteroatoms. The molecule has 0 aliphatic carbocycles. The lowest BCUT2D eigenvalue weighted by Crippen LogP contribution is -2.30. The lowest BCUT2D eigenvalue weighted by atomic mass is 10.6. The van der Waals surface area contributed by atoms with Gasteiger partial charge in [0.25, 0.3) is 0 Å². The molecule has 0 aliphatic heterocycles. The molecule has 0 aromatic rings. The van der Waals surface area contributed by atoms with E-state index in [0.717, 1.165) is 0 Å². The summed E-state index contributed by atoms with van der Waals surface area (Å²) < 4.78 is 0. The molecule has 0 aliphatic rings. The molecular weight excluding hydrogens is 162 g/mol. The first kappa shape index (κ1) is 11.8. The Bertz CT molecular complexity index is 157. The summed E-state index contributed by atoms with van der Waals surface area (Å²) >= 11 is 0. The first-order valence-corrected chi connectivity index (χ1v) is 7.73. The minimum Gasteiger partial charge on any atom is -0.384 e. The highest BCUT2D eigenvalue weighted by atomic mass is 28.3. The highest BCUT2D eigenvalue weighted by Gasteiger charge is 2.24. The molecule has 0 saturated heterocycles. The van der Waals surface area contributed by atoms with Crippen molar-refractivity contribution in [1.82, 2.24) is 4.90 Å². The Morgan fingerprint density at radius 3 is 1.92 bits per heavy atom. The van der Waals surface area contributed by atoms with Gasteiger partial charge in [0.2, 0.25) is 0 Å². The van der Waals surface area contributed by atoms with Crippen LogP contribution in [0.15, 0.2) is 11.4 Å². The van der Waals surface area contributed by atoms with Crippen molar-refractivity contribution in [2.45, 2.75) is 39.4 Å². The van der Waals surface area contributed by atoms with E-state index in [9.17, 15) is 0 Å². The van der Waals surface area contributed by atoms with Crippen LogP contribution >= 0.6 is 0 Å². The van der Waals surface area contributed by atoms with E-state index in [2.05, 4.69) is 52.5 Å². The first-order chi connectivity index (χ1) is 5.46. The van der Waals surface area contributed by atoms with E-state index < -0.39 is 8.07 Å². The van der Waals surface area contributed by atoms with Crippen LogP contribution in [0.1, 0.15) is 20.8 Å². The van der Waals surface area contributed by atoms with E-state index in [1.54, 1.807) is 5.20 Å². The van der Waals surface area contributed by atoms with Crippen molar-refractivity contribution in [2.75, 3.05) is 14.1 Å². The smallest absolute Gasteiger partial charge is 0.0795 e. The highest BCUT2D eigenvalue weighted by Crippen LogP contribution is 2.23. The zero-order chi connectivity index (χ0) is 9.78. The van der Waals surface area contributed by atoms with Crippen LogP contribution < -0.4 is 0 Å². The zero-order valence-corrected chi connectivity index (χ0v) is 10.4. The van der Waals surface area contributed by atoms with Crippen LogP contribution in [0.3, 0.4) is 0 Å². The fraction of sp³-hybridized carbons (Fsp3) is 0.800. The summed E-state index contributed by atoms with van der Waals surface area (Å²) in [5.41, 5.74) is 0. The molecule has 0 N–H and O–H groups in total. The number of nitrogens with zero attached hydrogens (tertiary/aromatic N) is 1. The Morgan fingerprint density at radius 1 is 1.25 bits per heavy atom. The van der Waals surface area contributed by atoms with E-state index in [-0.39, 0.29) is 0 Å². The zero-order valence-electron chi connectivity index (χ0n) is 9.44. The van der Waals surface area contributed by atoms with Gasteiger partial charge in [0.15, 0.2) is 0 Å². The van der Waals surface area contributed by atoms with Crippen molar-refractivity contribution < 1.29 is 0 Å². The van der Waals surface area contributed by atoms with Crippen LogP contribution in [0.25, 0.3) is 0 Å². The van der Waals surface area contributed by atoms with Crippen molar-refractivity contribution in [3.63, 3.8) is 0 Å². The van der Waals surface area contributed by atoms with Crippen LogP contribution in [0.2, 0.25) is 18.6 Å². The Balaban J connectivity index is 4.51. The maximum absolute atomic E-state index is 2.47. The molecule has 0 heterocycles. The van der Waals surface area contributed by atoms with E-state index >= 15 is 0 Å².